The molecule has 0 atom stereocenters. The summed E-state index contributed by atoms with van der Waals surface area (Å²) in [4.78, 5) is 0. The standard InChI is InChI=1S/C6H7.Ir/c1-6-4-2-3-5-6;/h2,4H,3H2,1H3;. The summed E-state index contributed by atoms with van der Waals surface area (Å²) < 4.78 is 1.51. The van der Waals surface area contributed by atoms with Crippen LogP contribution in [0.15, 0.2) is 21.8 Å². The minimum absolute atomic E-state index is 1.17. The Morgan fingerprint density at radius 2 is 2.43 bits per heavy atom. The molecule has 0 saturated heterocycles. The van der Waals surface area contributed by atoms with E-state index in [-0.39, 0.29) is 0 Å². The van der Waals surface area contributed by atoms with E-state index in [1.165, 1.54) is 16.1 Å². The molecule has 40 valence electrons. The summed E-state index contributed by atoms with van der Waals surface area (Å²) in [6.07, 6.45) is 5.55. The molecular formula is C6H7Ir. The monoisotopic (exact) mass is 272 g/mol. The fraction of sp³-hybridized carbons (Fsp3) is 0.333. The molecule has 0 N–H and O–H groups in total. The van der Waals surface area contributed by atoms with Crippen LogP contribution in [0.2, 0.25) is 0 Å². The van der Waals surface area contributed by atoms with Crippen molar-refractivity contribution in [3.8, 4) is 0 Å². The van der Waals surface area contributed by atoms with E-state index in [9.17, 15) is 0 Å². The molecular weight excluding hydrogens is 264 g/mol. The average Bonchev–Trinajstić information content (AvgIpc) is 1.91. The van der Waals surface area contributed by atoms with Crippen LogP contribution in [0, 0.1) is 0 Å². The van der Waals surface area contributed by atoms with Crippen LogP contribution in [0.3, 0.4) is 0 Å². The van der Waals surface area contributed by atoms with Crippen molar-refractivity contribution >= 4 is 0 Å². The van der Waals surface area contributed by atoms with Crippen molar-refractivity contribution in [2.75, 3.05) is 0 Å². The van der Waals surface area contributed by atoms with Crippen molar-refractivity contribution in [3.63, 3.8) is 0 Å². The maximum atomic E-state index is 2.20. The molecule has 1 aliphatic carbocycles. The maximum absolute atomic E-state index is 2.20. The van der Waals surface area contributed by atoms with Crippen LogP contribution in [-0.4, -0.2) is 0 Å². The van der Waals surface area contributed by atoms with E-state index >= 15 is 0 Å². The molecule has 0 aromatic carbocycles. The van der Waals surface area contributed by atoms with Gasteiger partial charge < -0.3 is 0 Å². The molecule has 0 aliphatic heterocycles. The zero-order chi connectivity index (χ0) is 5.28. The van der Waals surface area contributed by atoms with Gasteiger partial charge in [-0.25, -0.2) is 0 Å². The van der Waals surface area contributed by atoms with E-state index in [0.29, 0.717) is 0 Å². The third-order valence-electron chi connectivity index (χ3n) is 1.07. The van der Waals surface area contributed by atoms with E-state index in [1.54, 1.807) is 0 Å². The zero-order valence-corrected chi connectivity index (χ0v) is 6.59. The molecule has 0 unspecified atom stereocenters. The van der Waals surface area contributed by atoms with Crippen LogP contribution in [0.5, 0.6) is 0 Å². The zero-order valence-electron chi connectivity index (χ0n) is 4.20. The summed E-state index contributed by atoms with van der Waals surface area (Å²) in [5, 5.41) is 0. The van der Waals surface area contributed by atoms with Gasteiger partial charge in [-0.1, -0.05) is 0 Å². The molecule has 0 nitrogen and oxygen atoms in total. The first-order chi connectivity index (χ1) is 3.30. The van der Waals surface area contributed by atoms with Gasteiger partial charge in [-0.15, -0.1) is 0 Å². The molecule has 0 bridgehead atoms. The van der Waals surface area contributed by atoms with Gasteiger partial charge in [-0.3, -0.25) is 0 Å². The fourth-order valence-corrected chi connectivity index (χ4v) is 1.06. The summed E-state index contributed by atoms with van der Waals surface area (Å²) in [5.41, 5.74) is 1.44. The van der Waals surface area contributed by atoms with E-state index in [1.807, 2.05) is 0 Å². The van der Waals surface area contributed by atoms with Gasteiger partial charge >= 0.3 is 54.1 Å². The van der Waals surface area contributed by atoms with Gasteiger partial charge in [0.05, 0.1) is 0 Å². The van der Waals surface area contributed by atoms with Crippen LogP contribution in [0.1, 0.15) is 13.3 Å². The van der Waals surface area contributed by atoms with Gasteiger partial charge in [0.25, 0.3) is 0 Å². The second-order valence-corrected chi connectivity index (χ2v) is 3.11. The molecule has 0 heterocycles. The van der Waals surface area contributed by atoms with Gasteiger partial charge in [0.15, 0.2) is 0 Å². The first kappa shape index (κ1) is 5.27. The van der Waals surface area contributed by atoms with Crippen molar-refractivity contribution in [1.82, 2.24) is 0 Å². The Balaban J connectivity index is 2.79. The number of rotatable bonds is 0. The van der Waals surface area contributed by atoms with Crippen LogP contribution in [0.4, 0.5) is 0 Å². The van der Waals surface area contributed by atoms with E-state index in [4.69, 9.17) is 0 Å². The SMILES string of the molecule is CC1=[C]([Ir])CC=C1. The molecule has 0 radical (unpaired) electrons. The van der Waals surface area contributed by atoms with Gasteiger partial charge in [-0.05, 0) is 0 Å². The van der Waals surface area contributed by atoms with Gasteiger partial charge in [0.2, 0.25) is 0 Å². The Hall–Kier alpha value is 0.129. The fourth-order valence-electron chi connectivity index (χ4n) is 0.582. The summed E-state index contributed by atoms with van der Waals surface area (Å²) >= 11 is 2.18. The Kier molecular flexibility index (Phi) is 1.46. The van der Waals surface area contributed by atoms with Crippen molar-refractivity contribution in [2.45, 2.75) is 13.3 Å². The van der Waals surface area contributed by atoms with Crippen LogP contribution in [0.25, 0.3) is 0 Å². The molecule has 0 fully saturated rings. The molecule has 0 aromatic heterocycles. The van der Waals surface area contributed by atoms with Crippen molar-refractivity contribution in [2.24, 2.45) is 0 Å². The van der Waals surface area contributed by atoms with Crippen LogP contribution in [-0.2, 0) is 18.9 Å². The second kappa shape index (κ2) is 1.93. The van der Waals surface area contributed by atoms with Gasteiger partial charge in [-0.2, -0.15) is 0 Å². The second-order valence-electron chi connectivity index (χ2n) is 1.67. The Morgan fingerprint density at radius 1 is 1.71 bits per heavy atom. The normalized spacial score (nSPS) is 19.3. The van der Waals surface area contributed by atoms with Crippen LogP contribution >= 0.6 is 0 Å². The number of allylic oxidation sites excluding steroid dienone is 4. The molecule has 1 aliphatic rings. The van der Waals surface area contributed by atoms with Crippen molar-refractivity contribution in [1.29, 1.82) is 0 Å². The predicted octanol–water partition coefficient (Wildman–Crippen LogP) is 1.77. The summed E-state index contributed by atoms with van der Waals surface area (Å²) in [7, 11) is 0. The summed E-state index contributed by atoms with van der Waals surface area (Å²) in [6, 6.07) is 0. The third kappa shape index (κ3) is 1.02. The Morgan fingerprint density at radius 3 is 2.57 bits per heavy atom. The molecule has 1 rings (SSSR count). The number of hydrogen-bond donors (Lipinski definition) is 0. The van der Waals surface area contributed by atoms with Crippen molar-refractivity contribution < 1.29 is 18.9 Å². The third-order valence-corrected chi connectivity index (χ3v) is 2.50. The molecule has 0 spiro atoms. The van der Waals surface area contributed by atoms with E-state index in [0.717, 1.165) is 0 Å². The number of hydrogen-bond acceptors (Lipinski definition) is 0. The van der Waals surface area contributed by atoms with Crippen molar-refractivity contribution in [3.05, 3.63) is 21.8 Å². The first-order valence-corrected chi connectivity index (χ1v) is 3.50. The molecule has 7 heavy (non-hydrogen) atoms. The summed E-state index contributed by atoms with van der Waals surface area (Å²) in [6.45, 7) is 2.15. The summed E-state index contributed by atoms with van der Waals surface area (Å²) in [5.74, 6) is 0. The van der Waals surface area contributed by atoms with Gasteiger partial charge in [0, 0.05) is 0 Å². The molecule has 0 amide bonds. The Bertz CT molecular complexity index is 131. The Labute approximate surface area is 54.5 Å². The van der Waals surface area contributed by atoms with Crippen LogP contribution < -0.4 is 0 Å². The predicted molar refractivity (Wildman–Crippen MR) is 26.5 cm³/mol. The minimum atomic E-state index is 1.17. The average molecular weight is 271 g/mol. The topological polar surface area (TPSA) is 0 Å². The van der Waals surface area contributed by atoms with Gasteiger partial charge in [0.1, 0.15) is 0 Å². The quantitative estimate of drug-likeness (QED) is 0.630. The van der Waals surface area contributed by atoms with E-state index in [2.05, 4.69) is 38.0 Å². The molecule has 0 aromatic rings. The molecule has 1 heteroatoms. The van der Waals surface area contributed by atoms with E-state index < -0.39 is 0 Å². The first-order valence-electron chi connectivity index (χ1n) is 2.30. The molecule has 0 saturated carbocycles.